The van der Waals surface area contributed by atoms with E-state index in [4.69, 9.17) is 4.74 Å². The van der Waals surface area contributed by atoms with Crippen LogP contribution in [-0.2, 0) is 11.3 Å². The molecule has 2 nitrogen and oxygen atoms in total. The molecule has 150 valence electrons. The Kier molecular flexibility index (Phi) is 6.18. The average Bonchev–Trinajstić information content (AvgIpc) is 3.08. The van der Waals surface area contributed by atoms with E-state index in [1.165, 1.54) is 60.8 Å². The van der Waals surface area contributed by atoms with E-state index in [1.807, 2.05) is 0 Å². The molecule has 4 rings (SSSR count). The van der Waals surface area contributed by atoms with E-state index in [1.54, 1.807) is 0 Å². The molecule has 2 unspecified atom stereocenters. The van der Waals surface area contributed by atoms with Gasteiger partial charge < -0.3 is 10.1 Å². The van der Waals surface area contributed by atoms with E-state index in [0.29, 0.717) is 5.92 Å². The van der Waals surface area contributed by atoms with Gasteiger partial charge in [-0.15, -0.1) is 0 Å². The van der Waals surface area contributed by atoms with E-state index in [9.17, 15) is 0 Å². The second-order valence-electron chi connectivity index (χ2n) is 9.09. The molecule has 0 radical (unpaired) electrons. The smallest absolute Gasteiger partial charge is 0.0753 e. The maximum Gasteiger partial charge on any atom is 0.0753 e. The van der Waals surface area contributed by atoms with Crippen molar-refractivity contribution in [2.24, 2.45) is 5.92 Å². The van der Waals surface area contributed by atoms with Crippen LogP contribution in [-0.4, -0.2) is 18.8 Å². The number of aryl methyl sites for hydroxylation is 2. The quantitative estimate of drug-likeness (QED) is 0.631. The zero-order chi connectivity index (χ0) is 19.4. The largest absolute Gasteiger partial charge is 0.374 e. The summed E-state index contributed by atoms with van der Waals surface area (Å²) in [5.41, 5.74) is 5.68. The fraction of sp³-hybridized carbons (Fsp3) is 0.538. The maximum atomic E-state index is 6.53. The Morgan fingerprint density at radius 2 is 1.86 bits per heavy atom. The van der Waals surface area contributed by atoms with Gasteiger partial charge in [0.25, 0.3) is 0 Å². The lowest BCUT2D eigenvalue weighted by Crippen LogP contribution is -2.42. The van der Waals surface area contributed by atoms with Gasteiger partial charge in [-0.05, 0) is 76.0 Å². The highest BCUT2D eigenvalue weighted by molar-refractivity contribution is 5.29. The first-order chi connectivity index (χ1) is 13.6. The van der Waals surface area contributed by atoms with Crippen molar-refractivity contribution in [3.05, 3.63) is 70.8 Å². The summed E-state index contributed by atoms with van der Waals surface area (Å²) in [5.74, 6) is 1.36. The van der Waals surface area contributed by atoms with Crippen molar-refractivity contribution < 1.29 is 4.74 Å². The predicted molar refractivity (Wildman–Crippen MR) is 117 cm³/mol. The Labute approximate surface area is 170 Å². The zero-order valence-corrected chi connectivity index (χ0v) is 17.5. The molecule has 1 heterocycles. The van der Waals surface area contributed by atoms with E-state index in [-0.39, 0.29) is 5.60 Å². The van der Waals surface area contributed by atoms with Gasteiger partial charge in [0.2, 0.25) is 0 Å². The number of benzene rings is 2. The fourth-order valence-electron chi connectivity index (χ4n) is 5.50. The summed E-state index contributed by atoms with van der Waals surface area (Å²) in [7, 11) is 0. The van der Waals surface area contributed by atoms with Crippen molar-refractivity contribution >= 4 is 0 Å². The van der Waals surface area contributed by atoms with Crippen LogP contribution in [0.2, 0.25) is 0 Å². The monoisotopic (exact) mass is 377 g/mol. The van der Waals surface area contributed by atoms with Gasteiger partial charge in [0.15, 0.2) is 0 Å². The summed E-state index contributed by atoms with van der Waals surface area (Å²) < 4.78 is 6.53. The summed E-state index contributed by atoms with van der Waals surface area (Å²) in [6, 6.07) is 17.9. The predicted octanol–water partition coefficient (Wildman–Crippen LogP) is 5.92. The molecule has 2 aromatic carbocycles. The minimum atomic E-state index is 0.0905. The molecule has 2 fully saturated rings. The lowest BCUT2D eigenvalue weighted by Gasteiger charge is -2.43. The number of hydrogen-bond acceptors (Lipinski definition) is 2. The van der Waals surface area contributed by atoms with Gasteiger partial charge in [-0.25, -0.2) is 0 Å². The van der Waals surface area contributed by atoms with Crippen LogP contribution in [0.1, 0.15) is 66.7 Å². The molecular formula is C26H35NO. The van der Waals surface area contributed by atoms with Gasteiger partial charge in [-0.2, -0.15) is 0 Å². The Morgan fingerprint density at radius 3 is 2.68 bits per heavy atom. The van der Waals surface area contributed by atoms with Crippen molar-refractivity contribution in [1.82, 2.24) is 5.32 Å². The number of nitrogens with one attached hydrogen (secondary N) is 1. The van der Waals surface area contributed by atoms with E-state index < -0.39 is 0 Å². The molecule has 2 aliphatic rings. The van der Waals surface area contributed by atoms with E-state index >= 15 is 0 Å². The van der Waals surface area contributed by atoms with Crippen LogP contribution in [0, 0.1) is 19.8 Å². The van der Waals surface area contributed by atoms with Crippen LogP contribution < -0.4 is 5.32 Å². The van der Waals surface area contributed by atoms with Crippen LogP contribution in [0.5, 0.6) is 0 Å². The van der Waals surface area contributed by atoms with Crippen LogP contribution in [0.3, 0.4) is 0 Å². The highest BCUT2D eigenvalue weighted by Gasteiger charge is 2.47. The molecular weight excluding hydrogens is 342 g/mol. The maximum absolute atomic E-state index is 6.53. The minimum Gasteiger partial charge on any atom is -0.374 e. The van der Waals surface area contributed by atoms with Gasteiger partial charge in [0.05, 0.1) is 5.60 Å². The molecule has 1 N–H and O–H groups in total. The molecule has 2 heteroatoms. The van der Waals surface area contributed by atoms with Gasteiger partial charge in [-0.3, -0.25) is 0 Å². The molecule has 0 amide bonds. The molecule has 1 spiro atoms. The first-order valence-electron chi connectivity index (χ1n) is 11.1. The van der Waals surface area contributed by atoms with Gasteiger partial charge in [-0.1, -0.05) is 59.7 Å². The van der Waals surface area contributed by atoms with E-state index in [0.717, 1.165) is 25.6 Å². The van der Waals surface area contributed by atoms with Crippen LogP contribution in [0.4, 0.5) is 0 Å². The van der Waals surface area contributed by atoms with Crippen LogP contribution in [0.15, 0.2) is 48.5 Å². The lowest BCUT2D eigenvalue weighted by molar-refractivity contribution is -0.104. The topological polar surface area (TPSA) is 21.3 Å². The number of ether oxygens (including phenoxy) is 1. The van der Waals surface area contributed by atoms with Crippen molar-refractivity contribution in [1.29, 1.82) is 0 Å². The fourth-order valence-corrected chi connectivity index (χ4v) is 5.50. The Morgan fingerprint density at radius 1 is 1.04 bits per heavy atom. The molecule has 3 atom stereocenters. The van der Waals surface area contributed by atoms with Crippen LogP contribution in [0.25, 0.3) is 0 Å². The minimum absolute atomic E-state index is 0.0905. The Hall–Kier alpha value is -1.64. The summed E-state index contributed by atoms with van der Waals surface area (Å²) in [4.78, 5) is 0. The van der Waals surface area contributed by atoms with Crippen molar-refractivity contribution in [3.8, 4) is 0 Å². The number of hydrogen-bond donors (Lipinski definition) is 1. The second-order valence-corrected chi connectivity index (χ2v) is 9.09. The third kappa shape index (κ3) is 4.50. The molecule has 28 heavy (non-hydrogen) atoms. The highest BCUT2D eigenvalue weighted by Crippen LogP contribution is 2.51. The van der Waals surface area contributed by atoms with Crippen molar-refractivity contribution in [2.75, 3.05) is 13.2 Å². The Bertz CT molecular complexity index is 786. The van der Waals surface area contributed by atoms with Crippen molar-refractivity contribution in [2.45, 2.75) is 70.4 Å². The van der Waals surface area contributed by atoms with Crippen molar-refractivity contribution in [3.63, 3.8) is 0 Å². The SMILES string of the molecule is Cc1cccc(CNCC[C@@H]2CCOC3(CCCC3c3cccc(C)c3)C2)c1. The first-order valence-corrected chi connectivity index (χ1v) is 11.1. The standard InChI is InChI=1S/C26H35NO/c1-20-6-3-8-23(16-20)19-27-14-11-22-12-15-28-26(18-22)13-5-10-25(26)24-9-4-7-21(2)17-24/h3-4,6-9,16-17,22,25,27H,5,10-15,18-19H2,1-2H3/t22-,25?,26?/m1/s1. The third-order valence-corrected chi connectivity index (χ3v) is 6.86. The molecule has 0 aromatic heterocycles. The second kappa shape index (κ2) is 8.80. The third-order valence-electron chi connectivity index (χ3n) is 6.86. The van der Waals surface area contributed by atoms with Gasteiger partial charge in [0, 0.05) is 19.1 Å². The summed E-state index contributed by atoms with van der Waals surface area (Å²) in [6.07, 6.45) is 7.53. The highest BCUT2D eigenvalue weighted by atomic mass is 16.5. The average molecular weight is 378 g/mol. The summed E-state index contributed by atoms with van der Waals surface area (Å²) >= 11 is 0. The normalized spacial score (nSPS) is 27.4. The van der Waals surface area contributed by atoms with Crippen LogP contribution >= 0.6 is 0 Å². The summed E-state index contributed by atoms with van der Waals surface area (Å²) in [6.45, 7) is 7.38. The molecule has 0 bridgehead atoms. The molecule has 1 aliphatic carbocycles. The lowest BCUT2D eigenvalue weighted by atomic mass is 9.75. The Balaban J connectivity index is 1.33. The summed E-state index contributed by atoms with van der Waals surface area (Å²) in [5, 5.41) is 3.66. The van der Waals surface area contributed by atoms with E-state index in [2.05, 4.69) is 67.7 Å². The van der Waals surface area contributed by atoms with Gasteiger partial charge in [0.1, 0.15) is 0 Å². The molecule has 2 aromatic rings. The first kappa shape index (κ1) is 19.7. The molecule has 1 aliphatic heterocycles. The zero-order valence-electron chi connectivity index (χ0n) is 17.5. The molecule has 1 saturated carbocycles. The van der Waals surface area contributed by atoms with Gasteiger partial charge >= 0.3 is 0 Å². The molecule has 1 saturated heterocycles. The number of rotatable bonds is 6.